The Labute approximate surface area is 122 Å². The van der Waals surface area contributed by atoms with Crippen molar-refractivity contribution in [3.63, 3.8) is 0 Å². The van der Waals surface area contributed by atoms with Crippen molar-refractivity contribution in [2.45, 2.75) is 19.8 Å². The van der Waals surface area contributed by atoms with Gasteiger partial charge in [-0.25, -0.2) is 0 Å². The highest BCUT2D eigenvalue weighted by Crippen LogP contribution is 2.18. The van der Waals surface area contributed by atoms with Crippen molar-refractivity contribution in [2.75, 3.05) is 36.3 Å². The Kier molecular flexibility index (Phi) is 7.25. The van der Waals surface area contributed by atoms with Crippen LogP contribution in [0.2, 0.25) is 0 Å². The molecule has 0 saturated heterocycles. The lowest BCUT2D eigenvalue weighted by Crippen LogP contribution is -2.14. The van der Waals surface area contributed by atoms with E-state index in [4.69, 9.17) is 10.5 Å². The third-order valence-electron chi connectivity index (χ3n) is 2.83. The molecule has 112 valence electrons. The number of methoxy groups -OCH3 is 1. The van der Waals surface area contributed by atoms with Crippen molar-refractivity contribution < 1.29 is 13.7 Å². The number of amides is 1. The quantitative estimate of drug-likeness (QED) is 0.716. The fourth-order valence-electron chi connectivity index (χ4n) is 1.66. The monoisotopic (exact) mass is 298 g/mol. The van der Waals surface area contributed by atoms with Gasteiger partial charge in [-0.1, -0.05) is 6.07 Å². The molecular formula is C14H22N2O3S. The number of carbonyl (C=O) groups is 1. The lowest BCUT2D eigenvalue weighted by Gasteiger charge is -2.09. The molecule has 0 heterocycles. The first kappa shape index (κ1) is 16.7. The van der Waals surface area contributed by atoms with E-state index >= 15 is 0 Å². The number of carbonyl (C=O) groups excluding carboxylic acids is 1. The Bertz CT molecular complexity index is 477. The molecule has 1 unspecified atom stereocenters. The molecular weight excluding hydrogens is 276 g/mol. The number of nitrogen functional groups attached to an aromatic ring is 1. The average Bonchev–Trinajstić information content (AvgIpc) is 2.40. The normalized spacial score (nSPS) is 12.1. The van der Waals surface area contributed by atoms with Gasteiger partial charge < -0.3 is 15.8 Å². The van der Waals surface area contributed by atoms with Crippen molar-refractivity contribution in [2.24, 2.45) is 0 Å². The van der Waals surface area contributed by atoms with E-state index in [-0.39, 0.29) is 5.91 Å². The molecule has 0 aliphatic carbocycles. The Morgan fingerprint density at radius 3 is 2.85 bits per heavy atom. The summed E-state index contributed by atoms with van der Waals surface area (Å²) in [6, 6.07) is 5.40. The van der Waals surface area contributed by atoms with Crippen LogP contribution in [0.4, 0.5) is 11.4 Å². The molecule has 1 rings (SSSR count). The van der Waals surface area contributed by atoms with E-state index in [0.717, 1.165) is 11.3 Å². The van der Waals surface area contributed by atoms with Gasteiger partial charge in [-0.2, -0.15) is 0 Å². The fraction of sp³-hybridized carbons (Fsp3) is 0.500. The third-order valence-corrected chi connectivity index (χ3v) is 4.19. The lowest BCUT2D eigenvalue weighted by atomic mass is 10.1. The van der Waals surface area contributed by atoms with Crippen molar-refractivity contribution in [3.8, 4) is 0 Å². The number of benzene rings is 1. The minimum absolute atomic E-state index is 0.0811. The van der Waals surface area contributed by atoms with Crippen molar-refractivity contribution in [3.05, 3.63) is 23.8 Å². The predicted molar refractivity (Wildman–Crippen MR) is 83.2 cm³/mol. The van der Waals surface area contributed by atoms with Gasteiger partial charge in [0.2, 0.25) is 5.91 Å². The molecule has 3 N–H and O–H groups in total. The van der Waals surface area contributed by atoms with Gasteiger partial charge in [0, 0.05) is 47.2 Å². The lowest BCUT2D eigenvalue weighted by molar-refractivity contribution is -0.116. The van der Waals surface area contributed by atoms with E-state index in [1.54, 1.807) is 19.2 Å². The average molecular weight is 298 g/mol. The highest BCUT2D eigenvalue weighted by atomic mass is 32.2. The first-order chi connectivity index (χ1) is 9.52. The largest absolute Gasteiger partial charge is 0.399 e. The highest BCUT2D eigenvalue weighted by Gasteiger charge is 2.06. The first-order valence-electron chi connectivity index (χ1n) is 6.53. The fourth-order valence-corrected chi connectivity index (χ4v) is 2.68. The van der Waals surface area contributed by atoms with Crippen LogP contribution in [0.15, 0.2) is 18.2 Å². The van der Waals surface area contributed by atoms with E-state index in [9.17, 15) is 9.00 Å². The summed E-state index contributed by atoms with van der Waals surface area (Å²) >= 11 is 0. The van der Waals surface area contributed by atoms with Crippen molar-refractivity contribution in [1.29, 1.82) is 0 Å². The number of hydrogen-bond acceptors (Lipinski definition) is 4. The molecule has 0 saturated carbocycles. The van der Waals surface area contributed by atoms with Gasteiger partial charge in [0.25, 0.3) is 0 Å². The van der Waals surface area contributed by atoms with Crippen LogP contribution < -0.4 is 11.1 Å². The SMILES string of the molecule is COCCS(=O)CCCC(=O)Nc1cc(N)ccc1C. The van der Waals surface area contributed by atoms with Crippen LogP contribution in [0.25, 0.3) is 0 Å². The van der Waals surface area contributed by atoms with Crippen molar-refractivity contribution in [1.82, 2.24) is 0 Å². The summed E-state index contributed by atoms with van der Waals surface area (Å²) in [5.41, 5.74) is 8.00. The number of anilines is 2. The van der Waals surface area contributed by atoms with Crippen LogP contribution >= 0.6 is 0 Å². The number of hydrogen-bond donors (Lipinski definition) is 2. The number of aryl methyl sites for hydroxylation is 1. The highest BCUT2D eigenvalue weighted by molar-refractivity contribution is 7.84. The molecule has 0 aliphatic heterocycles. The maximum atomic E-state index is 11.8. The summed E-state index contributed by atoms with van der Waals surface area (Å²) in [5, 5.41) is 2.83. The molecule has 5 nitrogen and oxygen atoms in total. The van der Waals surface area contributed by atoms with Crippen LogP contribution in [-0.2, 0) is 20.3 Å². The molecule has 0 aromatic heterocycles. The summed E-state index contributed by atoms with van der Waals surface area (Å²) in [6.45, 7) is 2.40. The van der Waals surface area contributed by atoms with Crippen LogP contribution in [0.5, 0.6) is 0 Å². The van der Waals surface area contributed by atoms with Gasteiger partial charge in [-0.05, 0) is 31.0 Å². The van der Waals surface area contributed by atoms with Crippen molar-refractivity contribution >= 4 is 28.1 Å². The molecule has 0 spiro atoms. The summed E-state index contributed by atoms with van der Waals surface area (Å²) in [4.78, 5) is 11.8. The van der Waals surface area contributed by atoms with Crippen LogP contribution in [0.3, 0.4) is 0 Å². The molecule has 1 aromatic carbocycles. The van der Waals surface area contributed by atoms with Crippen LogP contribution in [-0.4, -0.2) is 35.3 Å². The first-order valence-corrected chi connectivity index (χ1v) is 8.01. The van der Waals surface area contributed by atoms with Gasteiger partial charge in [0.15, 0.2) is 0 Å². The zero-order valence-electron chi connectivity index (χ0n) is 12.0. The van der Waals surface area contributed by atoms with Crippen LogP contribution in [0.1, 0.15) is 18.4 Å². The summed E-state index contributed by atoms with van der Waals surface area (Å²) < 4.78 is 16.4. The van der Waals surface area contributed by atoms with Gasteiger partial charge in [-0.3, -0.25) is 9.00 Å². The van der Waals surface area contributed by atoms with E-state index in [1.165, 1.54) is 0 Å². The van der Waals surface area contributed by atoms with E-state index in [2.05, 4.69) is 5.32 Å². The zero-order valence-corrected chi connectivity index (χ0v) is 12.8. The Hall–Kier alpha value is -1.40. The van der Waals surface area contributed by atoms with Gasteiger partial charge in [0.05, 0.1) is 6.61 Å². The van der Waals surface area contributed by atoms with E-state index in [0.29, 0.717) is 36.6 Å². The minimum atomic E-state index is -0.916. The predicted octanol–water partition coefficient (Wildman–Crippen LogP) is 1.69. The number of nitrogens with two attached hydrogens (primary N) is 1. The van der Waals surface area contributed by atoms with Gasteiger partial charge in [0.1, 0.15) is 0 Å². The topological polar surface area (TPSA) is 81.4 Å². The molecule has 1 atom stereocenters. The molecule has 1 aromatic rings. The second kappa shape index (κ2) is 8.71. The summed E-state index contributed by atoms with van der Waals surface area (Å²) in [5.74, 6) is 0.960. The molecule has 1 amide bonds. The molecule has 20 heavy (non-hydrogen) atoms. The summed E-state index contributed by atoms with van der Waals surface area (Å²) in [6.07, 6.45) is 0.955. The standard InChI is InChI=1S/C14H22N2O3S/c1-11-5-6-12(15)10-13(11)16-14(17)4-3-8-20(18)9-7-19-2/h5-6,10H,3-4,7-9,15H2,1-2H3,(H,16,17). The number of nitrogens with one attached hydrogen (secondary N) is 1. The number of ether oxygens (including phenoxy) is 1. The number of rotatable bonds is 8. The molecule has 6 heteroatoms. The second-order valence-electron chi connectivity index (χ2n) is 4.57. The van der Waals surface area contributed by atoms with Gasteiger partial charge in [-0.15, -0.1) is 0 Å². The Balaban J connectivity index is 2.33. The summed E-state index contributed by atoms with van der Waals surface area (Å²) in [7, 11) is 0.666. The minimum Gasteiger partial charge on any atom is -0.399 e. The molecule has 0 bridgehead atoms. The Morgan fingerprint density at radius 1 is 1.40 bits per heavy atom. The van der Waals surface area contributed by atoms with E-state index < -0.39 is 10.8 Å². The van der Waals surface area contributed by atoms with Crippen LogP contribution in [0, 0.1) is 6.92 Å². The van der Waals surface area contributed by atoms with E-state index in [1.807, 2.05) is 13.0 Å². The molecule has 0 fully saturated rings. The smallest absolute Gasteiger partial charge is 0.224 e. The third kappa shape index (κ3) is 6.16. The Morgan fingerprint density at radius 2 is 2.15 bits per heavy atom. The maximum absolute atomic E-state index is 11.8. The molecule has 0 aliphatic rings. The molecule has 0 radical (unpaired) electrons. The zero-order chi connectivity index (χ0) is 15.0. The maximum Gasteiger partial charge on any atom is 0.224 e. The second-order valence-corrected chi connectivity index (χ2v) is 6.26. The van der Waals surface area contributed by atoms with Gasteiger partial charge >= 0.3 is 0 Å².